The van der Waals surface area contributed by atoms with Crippen molar-refractivity contribution in [3.05, 3.63) is 34.1 Å². The van der Waals surface area contributed by atoms with Crippen LogP contribution in [0.25, 0.3) is 0 Å². The number of ether oxygens (including phenoxy) is 1. The van der Waals surface area contributed by atoms with E-state index in [0.29, 0.717) is 6.29 Å². The summed E-state index contributed by atoms with van der Waals surface area (Å²) in [4.78, 5) is 21.4. The zero-order valence-electron chi connectivity index (χ0n) is 7.21. The van der Waals surface area contributed by atoms with Gasteiger partial charge < -0.3 is 4.74 Å². The molecule has 0 saturated carbocycles. The summed E-state index contributed by atoms with van der Waals surface area (Å²) in [6.07, 6.45) is 0.422. The minimum Gasteiger partial charge on any atom is -0.465 e. The minimum atomic E-state index is -0.823. The molecule has 3 nitrogen and oxygen atoms in total. The summed E-state index contributed by atoms with van der Waals surface area (Å²) in [5.74, 6) is -1.60. The summed E-state index contributed by atoms with van der Waals surface area (Å²) in [5.41, 5.74) is -0.122. The molecule has 1 rings (SSSR count). The lowest BCUT2D eigenvalue weighted by atomic mass is 10.1. The van der Waals surface area contributed by atoms with Crippen LogP contribution in [0.15, 0.2) is 12.1 Å². The van der Waals surface area contributed by atoms with Crippen molar-refractivity contribution in [1.29, 1.82) is 0 Å². The van der Waals surface area contributed by atoms with Crippen LogP contribution in [0.3, 0.4) is 0 Å². The van der Waals surface area contributed by atoms with E-state index in [1.807, 2.05) is 0 Å². The highest BCUT2D eigenvalue weighted by atomic mass is 35.5. The molecule has 1 aromatic carbocycles. The second kappa shape index (κ2) is 4.19. The SMILES string of the molecule is COC(=O)c1cc(C=O)cc(F)c1Cl. The third-order valence-corrected chi connectivity index (χ3v) is 1.98. The first-order valence-electron chi connectivity index (χ1n) is 3.62. The van der Waals surface area contributed by atoms with Crippen molar-refractivity contribution >= 4 is 23.9 Å². The van der Waals surface area contributed by atoms with E-state index in [1.54, 1.807) is 0 Å². The molecule has 0 N–H and O–H groups in total. The van der Waals surface area contributed by atoms with Crippen LogP contribution in [-0.2, 0) is 4.74 Å². The van der Waals surface area contributed by atoms with Gasteiger partial charge in [0, 0.05) is 5.56 Å². The fourth-order valence-corrected chi connectivity index (χ4v) is 1.12. The van der Waals surface area contributed by atoms with Crippen LogP contribution in [0, 0.1) is 5.82 Å². The Hall–Kier alpha value is -1.42. The van der Waals surface area contributed by atoms with Crippen LogP contribution in [0.4, 0.5) is 4.39 Å². The van der Waals surface area contributed by atoms with Crippen molar-refractivity contribution in [2.75, 3.05) is 7.11 Å². The first kappa shape index (κ1) is 10.7. The lowest BCUT2D eigenvalue weighted by molar-refractivity contribution is 0.0600. The van der Waals surface area contributed by atoms with E-state index in [-0.39, 0.29) is 16.1 Å². The molecule has 0 saturated heterocycles. The lowest BCUT2D eigenvalue weighted by Crippen LogP contribution is -2.04. The van der Waals surface area contributed by atoms with E-state index < -0.39 is 11.8 Å². The fourth-order valence-electron chi connectivity index (χ4n) is 0.937. The van der Waals surface area contributed by atoms with Gasteiger partial charge in [0.15, 0.2) is 0 Å². The molecule has 0 aromatic heterocycles. The summed E-state index contributed by atoms with van der Waals surface area (Å²) in [5, 5.41) is -0.345. The third kappa shape index (κ3) is 1.90. The van der Waals surface area contributed by atoms with E-state index in [4.69, 9.17) is 11.6 Å². The molecular formula is C9H6ClFO3. The number of benzene rings is 1. The van der Waals surface area contributed by atoms with Gasteiger partial charge in [0.2, 0.25) is 0 Å². The first-order valence-corrected chi connectivity index (χ1v) is 4.00. The zero-order chi connectivity index (χ0) is 10.7. The highest BCUT2D eigenvalue weighted by Crippen LogP contribution is 2.22. The molecule has 0 aliphatic carbocycles. The predicted octanol–water partition coefficient (Wildman–Crippen LogP) is 2.08. The number of halogens is 2. The number of hydrogen-bond donors (Lipinski definition) is 0. The summed E-state index contributed by atoms with van der Waals surface area (Å²) in [7, 11) is 1.14. The number of rotatable bonds is 2. The Balaban J connectivity index is 3.33. The summed E-state index contributed by atoms with van der Waals surface area (Å²) >= 11 is 5.50. The maximum Gasteiger partial charge on any atom is 0.339 e. The molecule has 0 amide bonds. The molecule has 0 spiro atoms. The van der Waals surface area contributed by atoms with Gasteiger partial charge in [-0.2, -0.15) is 0 Å². The van der Waals surface area contributed by atoms with Gasteiger partial charge in [-0.1, -0.05) is 11.6 Å². The highest BCUT2D eigenvalue weighted by Gasteiger charge is 2.15. The molecule has 1 aromatic rings. The maximum absolute atomic E-state index is 13.0. The Morgan fingerprint density at radius 3 is 2.71 bits per heavy atom. The highest BCUT2D eigenvalue weighted by molar-refractivity contribution is 6.33. The standard InChI is InChI=1S/C9H6ClFO3/c1-14-9(13)6-2-5(4-12)3-7(11)8(6)10/h2-4H,1H3. The number of esters is 1. The van der Waals surface area contributed by atoms with Crippen molar-refractivity contribution < 1.29 is 18.7 Å². The minimum absolute atomic E-state index is 0.0345. The van der Waals surface area contributed by atoms with Crippen LogP contribution in [0.5, 0.6) is 0 Å². The molecule has 14 heavy (non-hydrogen) atoms. The van der Waals surface area contributed by atoms with Crippen LogP contribution >= 0.6 is 11.6 Å². The molecule has 0 fully saturated rings. The Kier molecular flexibility index (Phi) is 3.19. The smallest absolute Gasteiger partial charge is 0.339 e. The largest absolute Gasteiger partial charge is 0.465 e. The second-order valence-corrected chi connectivity index (χ2v) is 2.85. The van der Waals surface area contributed by atoms with Gasteiger partial charge in [-0.3, -0.25) is 4.79 Å². The van der Waals surface area contributed by atoms with E-state index >= 15 is 0 Å². The zero-order valence-corrected chi connectivity index (χ0v) is 7.97. The van der Waals surface area contributed by atoms with Gasteiger partial charge in [0.25, 0.3) is 0 Å². The average molecular weight is 217 g/mol. The van der Waals surface area contributed by atoms with Crippen molar-refractivity contribution in [2.24, 2.45) is 0 Å². The van der Waals surface area contributed by atoms with Crippen molar-refractivity contribution in [3.8, 4) is 0 Å². The van der Waals surface area contributed by atoms with Crippen molar-refractivity contribution in [3.63, 3.8) is 0 Å². The number of methoxy groups -OCH3 is 1. The topological polar surface area (TPSA) is 43.4 Å². The van der Waals surface area contributed by atoms with Gasteiger partial charge in [0.05, 0.1) is 17.7 Å². The molecule has 0 heterocycles. The van der Waals surface area contributed by atoms with Crippen molar-refractivity contribution in [1.82, 2.24) is 0 Å². The number of aldehydes is 1. The van der Waals surface area contributed by atoms with E-state index in [9.17, 15) is 14.0 Å². The van der Waals surface area contributed by atoms with Gasteiger partial charge in [-0.05, 0) is 12.1 Å². The molecule has 0 aliphatic heterocycles. The third-order valence-electron chi connectivity index (χ3n) is 1.59. The lowest BCUT2D eigenvalue weighted by Gasteiger charge is -2.03. The predicted molar refractivity (Wildman–Crippen MR) is 48.1 cm³/mol. The number of carbonyl (C=O) groups excluding carboxylic acids is 2. The fraction of sp³-hybridized carbons (Fsp3) is 0.111. The number of carbonyl (C=O) groups is 2. The normalized spacial score (nSPS) is 9.64. The molecule has 0 radical (unpaired) electrons. The maximum atomic E-state index is 13.0. The molecule has 0 aliphatic rings. The summed E-state index contributed by atoms with van der Waals surface area (Å²) in [6.45, 7) is 0. The monoisotopic (exact) mass is 216 g/mol. The van der Waals surface area contributed by atoms with Gasteiger partial charge in [-0.25, -0.2) is 9.18 Å². The molecule has 0 atom stereocenters. The molecular weight excluding hydrogens is 211 g/mol. The van der Waals surface area contributed by atoms with Crippen molar-refractivity contribution in [2.45, 2.75) is 0 Å². The Morgan fingerprint density at radius 1 is 1.57 bits per heavy atom. The molecule has 5 heteroatoms. The van der Waals surface area contributed by atoms with E-state index in [2.05, 4.69) is 4.74 Å². The van der Waals surface area contributed by atoms with Gasteiger partial charge in [-0.15, -0.1) is 0 Å². The average Bonchev–Trinajstić information content (AvgIpc) is 2.20. The summed E-state index contributed by atoms with van der Waals surface area (Å²) in [6, 6.07) is 2.12. The molecule has 0 bridgehead atoms. The van der Waals surface area contributed by atoms with Crippen LogP contribution in [0.1, 0.15) is 20.7 Å². The second-order valence-electron chi connectivity index (χ2n) is 2.47. The number of hydrogen-bond acceptors (Lipinski definition) is 3. The first-order chi connectivity index (χ1) is 6.60. The van der Waals surface area contributed by atoms with E-state index in [1.165, 1.54) is 6.07 Å². The van der Waals surface area contributed by atoms with Gasteiger partial charge in [0.1, 0.15) is 12.1 Å². The Morgan fingerprint density at radius 2 is 2.21 bits per heavy atom. The summed E-state index contributed by atoms with van der Waals surface area (Å²) < 4.78 is 17.4. The van der Waals surface area contributed by atoms with Gasteiger partial charge >= 0.3 is 5.97 Å². The Bertz CT molecular complexity index is 390. The Labute approximate surface area is 84.4 Å². The van der Waals surface area contributed by atoms with Crippen LogP contribution < -0.4 is 0 Å². The molecule has 74 valence electrons. The molecule has 0 unspecified atom stereocenters. The van der Waals surface area contributed by atoms with Crippen LogP contribution in [0.2, 0.25) is 5.02 Å². The van der Waals surface area contributed by atoms with E-state index in [0.717, 1.165) is 13.2 Å². The van der Waals surface area contributed by atoms with Crippen LogP contribution in [-0.4, -0.2) is 19.4 Å². The quantitative estimate of drug-likeness (QED) is 0.562.